The van der Waals surface area contributed by atoms with E-state index in [2.05, 4.69) is 68.5 Å². The second kappa shape index (κ2) is 14.8. The number of benzodiazepines with no additional fused rings is 1. The lowest BCUT2D eigenvalue weighted by atomic mass is 10.0. The number of anilines is 3. The van der Waals surface area contributed by atoms with E-state index in [4.69, 9.17) is 34.8 Å². The first-order chi connectivity index (χ1) is 22.3. The Kier molecular flexibility index (Phi) is 10.6. The highest BCUT2D eigenvalue weighted by atomic mass is 35.5. The van der Waals surface area contributed by atoms with Crippen LogP contribution in [0.15, 0.2) is 99.7 Å². The molecule has 238 valence electrons. The SMILES string of the molecule is CN1CCN(CCCN2c3ccccc3Sc3ccc(Cl)cc32)CC1.O=C1Nc2ccc(Cl)cc2C(c2ccccc2Cl)=NC1O. The highest BCUT2D eigenvalue weighted by Crippen LogP contribution is 2.48. The van der Waals surface area contributed by atoms with E-state index in [0.717, 1.165) is 24.5 Å². The van der Waals surface area contributed by atoms with Crippen molar-refractivity contribution in [3.05, 3.63) is 111 Å². The van der Waals surface area contributed by atoms with Crippen molar-refractivity contribution in [2.75, 3.05) is 56.5 Å². The number of piperazine rings is 1. The number of rotatable bonds is 5. The van der Waals surface area contributed by atoms with Gasteiger partial charge in [0.2, 0.25) is 6.23 Å². The van der Waals surface area contributed by atoms with Gasteiger partial charge in [0, 0.05) is 68.7 Å². The van der Waals surface area contributed by atoms with Gasteiger partial charge < -0.3 is 25.1 Å². The van der Waals surface area contributed by atoms with Gasteiger partial charge in [0.05, 0.1) is 22.8 Å². The van der Waals surface area contributed by atoms with Gasteiger partial charge >= 0.3 is 0 Å². The minimum atomic E-state index is -1.50. The monoisotopic (exact) mass is 693 g/mol. The van der Waals surface area contributed by atoms with Crippen molar-refractivity contribution in [3.63, 3.8) is 0 Å². The molecule has 46 heavy (non-hydrogen) atoms. The number of para-hydroxylation sites is 1. The van der Waals surface area contributed by atoms with Crippen LogP contribution < -0.4 is 10.2 Å². The molecule has 1 amide bonds. The fraction of sp³-hybridized carbons (Fsp3) is 0.257. The number of carbonyl (C=O) groups is 1. The highest BCUT2D eigenvalue weighted by molar-refractivity contribution is 7.99. The summed E-state index contributed by atoms with van der Waals surface area (Å²) in [5, 5.41) is 14.2. The van der Waals surface area contributed by atoms with Gasteiger partial charge in [0.15, 0.2) is 0 Å². The molecule has 1 unspecified atom stereocenters. The van der Waals surface area contributed by atoms with E-state index in [9.17, 15) is 9.90 Å². The molecule has 1 atom stereocenters. The van der Waals surface area contributed by atoms with Gasteiger partial charge in [-0.3, -0.25) is 4.79 Å². The fourth-order valence-corrected chi connectivity index (χ4v) is 7.34. The molecule has 3 aliphatic heterocycles. The average molecular weight is 695 g/mol. The lowest BCUT2D eigenvalue weighted by Gasteiger charge is -2.35. The molecule has 0 radical (unpaired) electrons. The van der Waals surface area contributed by atoms with Crippen LogP contribution in [0.2, 0.25) is 15.1 Å². The van der Waals surface area contributed by atoms with E-state index in [1.807, 2.05) is 17.8 Å². The van der Waals surface area contributed by atoms with Crippen LogP contribution in [0.4, 0.5) is 17.1 Å². The topological polar surface area (TPSA) is 71.4 Å². The second-order valence-corrected chi connectivity index (χ2v) is 13.7. The van der Waals surface area contributed by atoms with Gasteiger partial charge in [-0.1, -0.05) is 76.9 Å². The maximum atomic E-state index is 11.8. The second-order valence-electron chi connectivity index (χ2n) is 11.3. The number of nitrogens with zero attached hydrogens (tertiary/aromatic N) is 4. The standard InChI is InChI=1S/C20H24ClN3S.C15H10Cl2N2O2/c1-22-11-13-23(14-12-22)9-4-10-24-17-5-2-3-6-19(17)25-20-8-7-16(21)15-18(20)24;16-8-5-6-12-10(7-8)13(19-15(21)14(20)18-12)9-3-1-2-4-11(9)17/h2-3,5-8,15H,4,9-14H2,1H3;1-7,15,21H,(H,18,20). The zero-order valence-corrected chi connectivity index (χ0v) is 28.4. The Hall–Kier alpha value is -3.08. The van der Waals surface area contributed by atoms with Crippen LogP contribution in [0.1, 0.15) is 17.5 Å². The first-order valence-corrected chi connectivity index (χ1v) is 17.1. The Labute approximate surface area is 288 Å². The Morgan fingerprint density at radius 3 is 2.33 bits per heavy atom. The van der Waals surface area contributed by atoms with Crippen LogP contribution in [0.5, 0.6) is 0 Å². The number of aliphatic hydroxyl groups excluding tert-OH is 1. The van der Waals surface area contributed by atoms with Gasteiger partial charge in [0.25, 0.3) is 5.91 Å². The number of carbonyl (C=O) groups excluding carboxylic acids is 1. The zero-order chi connectivity index (χ0) is 32.2. The van der Waals surface area contributed by atoms with E-state index >= 15 is 0 Å². The number of aliphatic hydroxyl groups is 1. The number of amides is 1. The molecule has 3 heterocycles. The maximum Gasteiger partial charge on any atom is 0.276 e. The van der Waals surface area contributed by atoms with Crippen LogP contribution in [0, 0.1) is 0 Å². The number of aliphatic imine (C=N–C) groups is 1. The van der Waals surface area contributed by atoms with Crippen LogP contribution in [0.25, 0.3) is 0 Å². The molecular formula is C35H34Cl3N5O2S. The van der Waals surface area contributed by atoms with Crippen molar-refractivity contribution in [2.45, 2.75) is 22.4 Å². The number of nitrogens with one attached hydrogen (secondary N) is 1. The predicted molar refractivity (Wildman–Crippen MR) is 191 cm³/mol. The van der Waals surface area contributed by atoms with Crippen molar-refractivity contribution in [1.29, 1.82) is 0 Å². The minimum Gasteiger partial charge on any atom is -0.364 e. The van der Waals surface area contributed by atoms with Crippen LogP contribution in [-0.2, 0) is 4.79 Å². The van der Waals surface area contributed by atoms with Crippen molar-refractivity contribution in [3.8, 4) is 0 Å². The number of hydrogen-bond donors (Lipinski definition) is 2. The van der Waals surface area contributed by atoms with Gasteiger partial charge in [-0.2, -0.15) is 0 Å². The summed E-state index contributed by atoms with van der Waals surface area (Å²) in [7, 11) is 2.21. The minimum absolute atomic E-state index is 0.420. The largest absolute Gasteiger partial charge is 0.364 e. The van der Waals surface area contributed by atoms with Gasteiger partial charge in [-0.15, -0.1) is 0 Å². The molecule has 3 aliphatic rings. The van der Waals surface area contributed by atoms with Gasteiger partial charge in [0.1, 0.15) is 0 Å². The molecule has 2 N–H and O–H groups in total. The van der Waals surface area contributed by atoms with Crippen LogP contribution in [-0.4, -0.2) is 79.1 Å². The summed E-state index contributed by atoms with van der Waals surface area (Å²) in [4.78, 5) is 25.9. The predicted octanol–water partition coefficient (Wildman–Crippen LogP) is 7.68. The van der Waals surface area contributed by atoms with Crippen molar-refractivity contribution >= 4 is 75.2 Å². The molecule has 1 saturated heterocycles. The Morgan fingerprint density at radius 2 is 1.52 bits per heavy atom. The molecule has 0 aromatic heterocycles. The van der Waals surface area contributed by atoms with Gasteiger partial charge in [-0.25, -0.2) is 4.99 Å². The lowest BCUT2D eigenvalue weighted by Crippen LogP contribution is -2.45. The molecule has 7 rings (SSSR count). The maximum absolute atomic E-state index is 11.8. The van der Waals surface area contributed by atoms with Crippen molar-refractivity contribution in [1.82, 2.24) is 9.80 Å². The molecule has 0 saturated carbocycles. The molecule has 0 aliphatic carbocycles. The highest BCUT2D eigenvalue weighted by Gasteiger charge is 2.26. The van der Waals surface area contributed by atoms with Crippen LogP contribution in [0.3, 0.4) is 0 Å². The zero-order valence-electron chi connectivity index (χ0n) is 25.3. The molecule has 1 fully saturated rings. The summed E-state index contributed by atoms with van der Waals surface area (Å²) >= 11 is 20.4. The van der Waals surface area contributed by atoms with E-state index in [0.29, 0.717) is 32.6 Å². The van der Waals surface area contributed by atoms with E-state index in [1.165, 1.54) is 47.3 Å². The first kappa shape index (κ1) is 32.8. The average Bonchev–Trinajstić information content (AvgIpc) is 3.17. The summed E-state index contributed by atoms with van der Waals surface area (Å²) in [5.74, 6) is -0.597. The number of fused-ring (bicyclic) bond motifs is 3. The molecule has 0 spiro atoms. The summed E-state index contributed by atoms with van der Waals surface area (Å²) < 4.78 is 0. The van der Waals surface area contributed by atoms with E-state index < -0.39 is 12.1 Å². The molecular weight excluding hydrogens is 661 g/mol. The summed E-state index contributed by atoms with van der Waals surface area (Å²) in [6.45, 7) is 6.92. The lowest BCUT2D eigenvalue weighted by molar-refractivity contribution is -0.123. The summed E-state index contributed by atoms with van der Waals surface area (Å²) in [5.41, 5.74) is 4.73. The van der Waals surface area contributed by atoms with E-state index in [-0.39, 0.29) is 0 Å². The first-order valence-electron chi connectivity index (χ1n) is 15.1. The Balaban J connectivity index is 0.000000164. The molecule has 7 nitrogen and oxygen atoms in total. The number of likely N-dealkylation sites (N-methyl/N-ethyl adjacent to an activating group) is 1. The molecule has 0 bridgehead atoms. The van der Waals surface area contributed by atoms with Crippen molar-refractivity contribution < 1.29 is 9.90 Å². The van der Waals surface area contributed by atoms with Crippen molar-refractivity contribution in [2.24, 2.45) is 4.99 Å². The summed E-state index contributed by atoms with van der Waals surface area (Å²) in [6.07, 6.45) is -0.336. The van der Waals surface area contributed by atoms with Gasteiger partial charge in [-0.05, 0) is 74.6 Å². The smallest absolute Gasteiger partial charge is 0.276 e. The Morgan fingerprint density at radius 1 is 0.826 bits per heavy atom. The summed E-state index contributed by atoms with van der Waals surface area (Å²) in [6, 6.07) is 27.0. The van der Waals surface area contributed by atoms with E-state index in [1.54, 1.807) is 42.5 Å². The number of benzene rings is 4. The third-order valence-corrected chi connectivity index (χ3v) is 10.1. The third-order valence-electron chi connectivity index (χ3n) is 8.15. The number of hydrogen-bond acceptors (Lipinski definition) is 7. The quantitative estimate of drug-likeness (QED) is 0.223. The molecule has 4 aromatic rings. The molecule has 4 aromatic carbocycles. The fourth-order valence-electron chi connectivity index (χ4n) is 5.70. The normalized spacial score (nSPS) is 17.8. The Bertz CT molecular complexity index is 1760. The molecule has 11 heteroatoms. The van der Waals surface area contributed by atoms with Crippen LogP contribution >= 0.6 is 46.6 Å². The number of halogens is 3. The third kappa shape index (κ3) is 7.55.